The van der Waals surface area contributed by atoms with Gasteiger partial charge in [0.2, 0.25) is 0 Å². The van der Waals surface area contributed by atoms with Crippen molar-refractivity contribution in [2.24, 2.45) is 0 Å². The fourth-order valence-corrected chi connectivity index (χ4v) is 4.20. The summed E-state index contributed by atoms with van der Waals surface area (Å²) in [7, 11) is 0. The van der Waals surface area contributed by atoms with Crippen LogP contribution in [0.25, 0.3) is 0 Å². The summed E-state index contributed by atoms with van der Waals surface area (Å²) in [6.07, 6.45) is -0.389. The van der Waals surface area contributed by atoms with E-state index in [0.717, 1.165) is 13.1 Å². The van der Waals surface area contributed by atoms with Crippen molar-refractivity contribution < 1.29 is 27.8 Å². The summed E-state index contributed by atoms with van der Waals surface area (Å²) in [5, 5.41) is 0. The minimum Gasteiger partial charge on any atom is -0.379 e. The van der Waals surface area contributed by atoms with Gasteiger partial charge in [-0.2, -0.15) is 0 Å². The average molecular weight is 474 g/mol. The highest BCUT2D eigenvalue weighted by molar-refractivity contribution is 5.95. The highest BCUT2D eigenvalue weighted by Gasteiger charge is 2.29. The van der Waals surface area contributed by atoms with E-state index in [4.69, 9.17) is 9.47 Å². The quantitative estimate of drug-likeness (QED) is 0.618. The summed E-state index contributed by atoms with van der Waals surface area (Å²) in [4.78, 5) is 31.7. The van der Waals surface area contributed by atoms with Crippen LogP contribution < -0.4 is 0 Å². The Morgan fingerprint density at radius 2 is 1.71 bits per heavy atom. The average Bonchev–Trinajstić information content (AvgIpc) is 2.87. The summed E-state index contributed by atoms with van der Waals surface area (Å²) in [6.45, 7) is 5.36. The molecule has 0 aliphatic carbocycles. The maximum atomic E-state index is 13.6. The van der Waals surface area contributed by atoms with E-state index in [2.05, 4.69) is 4.90 Å². The second kappa shape index (κ2) is 11.5. The van der Waals surface area contributed by atoms with E-state index in [9.17, 15) is 18.4 Å². The van der Waals surface area contributed by atoms with Crippen molar-refractivity contribution in [2.75, 3.05) is 65.6 Å². The third kappa shape index (κ3) is 6.37. The molecule has 2 amide bonds. The van der Waals surface area contributed by atoms with E-state index in [0.29, 0.717) is 51.6 Å². The van der Waals surface area contributed by atoms with Crippen molar-refractivity contribution in [3.8, 4) is 0 Å². The van der Waals surface area contributed by atoms with Gasteiger partial charge in [0.15, 0.2) is 0 Å². The number of benzene rings is 2. The number of halogens is 2. The van der Waals surface area contributed by atoms with Crippen LogP contribution in [-0.4, -0.2) is 98.3 Å². The molecule has 2 heterocycles. The maximum absolute atomic E-state index is 13.6. The lowest BCUT2D eigenvalue weighted by Crippen LogP contribution is -2.52. The molecule has 0 aromatic heterocycles. The van der Waals surface area contributed by atoms with Crippen molar-refractivity contribution in [1.29, 1.82) is 0 Å². The molecule has 0 saturated carbocycles. The molecule has 4 rings (SSSR count). The van der Waals surface area contributed by atoms with Crippen LogP contribution in [0.2, 0.25) is 0 Å². The first-order chi connectivity index (χ1) is 16.5. The zero-order valence-corrected chi connectivity index (χ0v) is 19.0. The smallest absolute Gasteiger partial charge is 0.254 e. The monoisotopic (exact) mass is 473 g/mol. The molecule has 0 spiro atoms. The van der Waals surface area contributed by atoms with Crippen LogP contribution in [0.4, 0.5) is 8.78 Å². The molecule has 0 radical (unpaired) electrons. The molecule has 9 heteroatoms. The highest BCUT2D eigenvalue weighted by Crippen LogP contribution is 2.15. The molecule has 182 valence electrons. The molecule has 0 bridgehead atoms. The molecular weight excluding hydrogens is 444 g/mol. The van der Waals surface area contributed by atoms with Crippen LogP contribution in [0.15, 0.2) is 48.5 Å². The second-order valence-electron chi connectivity index (χ2n) is 8.47. The number of carbonyl (C=O) groups is 2. The SMILES string of the molecule is O=C(c1cccc(F)c1)N1CCOC(CN(CCN2CCOCC2)C(=O)c2ccc(F)cc2)C1. The van der Waals surface area contributed by atoms with E-state index in [1.54, 1.807) is 15.9 Å². The number of hydrogen-bond donors (Lipinski definition) is 0. The minimum atomic E-state index is -0.463. The fraction of sp³-hybridized carbons (Fsp3) is 0.440. The molecule has 2 aliphatic rings. The number of nitrogens with zero attached hydrogens (tertiary/aromatic N) is 3. The van der Waals surface area contributed by atoms with Gasteiger partial charge in [0.1, 0.15) is 11.6 Å². The van der Waals surface area contributed by atoms with Crippen molar-refractivity contribution in [2.45, 2.75) is 6.10 Å². The van der Waals surface area contributed by atoms with Crippen LogP contribution in [0.3, 0.4) is 0 Å². The van der Waals surface area contributed by atoms with E-state index < -0.39 is 11.6 Å². The third-order valence-corrected chi connectivity index (χ3v) is 6.09. The number of rotatable bonds is 7. The normalized spacial score (nSPS) is 19.1. The summed E-state index contributed by atoms with van der Waals surface area (Å²) in [6, 6.07) is 11.1. The van der Waals surface area contributed by atoms with Crippen molar-refractivity contribution in [3.05, 3.63) is 71.3 Å². The van der Waals surface area contributed by atoms with Gasteiger partial charge in [-0.3, -0.25) is 14.5 Å². The van der Waals surface area contributed by atoms with E-state index in [1.807, 2.05) is 0 Å². The summed E-state index contributed by atoms with van der Waals surface area (Å²) in [5.41, 5.74) is 0.680. The maximum Gasteiger partial charge on any atom is 0.254 e. The van der Waals surface area contributed by atoms with Gasteiger partial charge in [-0.05, 0) is 42.5 Å². The molecule has 2 aromatic rings. The fourth-order valence-electron chi connectivity index (χ4n) is 4.20. The van der Waals surface area contributed by atoms with E-state index >= 15 is 0 Å². The lowest BCUT2D eigenvalue weighted by atomic mass is 10.1. The van der Waals surface area contributed by atoms with Gasteiger partial charge in [0.25, 0.3) is 11.8 Å². The van der Waals surface area contributed by atoms with Gasteiger partial charge >= 0.3 is 0 Å². The first-order valence-corrected chi connectivity index (χ1v) is 11.5. The molecule has 2 saturated heterocycles. The Morgan fingerprint density at radius 1 is 0.941 bits per heavy atom. The zero-order valence-electron chi connectivity index (χ0n) is 19.0. The summed E-state index contributed by atoms with van der Waals surface area (Å²) < 4.78 is 38.2. The number of ether oxygens (including phenoxy) is 2. The molecule has 2 aromatic carbocycles. The molecule has 1 atom stereocenters. The number of morpholine rings is 2. The number of hydrogen-bond acceptors (Lipinski definition) is 5. The van der Waals surface area contributed by atoms with Gasteiger partial charge in [-0.15, -0.1) is 0 Å². The van der Waals surface area contributed by atoms with Crippen LogP contribution in [0.1, 0.15) is 20.7 Å². The molecule has 7 nitrogen and oxygen atoms in total. The molecule has 1 unspecified atom stereocenters. The van der Waals surface area contributed by atoms with Crippen LogP contribution in [0.5, 0.6) is 0 Å². The van der Waals surface area contributed by atoms with Crippen LogP contribution in [-0.2, 0) is 9.47 Å². The van der Waals surface area contributed by atoms with Gasteiger partial charge in [0, 0.05) is 56.9 Å². The Bertz CT molecular complexity index is 982. The molecular formula is C25H29F2N3O4. The van der Waals surface area contributed by atoms with Gasteiger partial charge in [-0.25, -0.2) is 8.78 Å². The van der Waals surface area contributed by atoms with Gasteiger partial charge in [-0.1, -0.05) is 6.07 Å². The molecule has 0 N–H and O–H groups in total. The first-order valence-electron chi connectivity index (χ1n) is 11.5. The van der Waals surface area contributed by atoms with E-state index in [-0.39, 0.29) is 30.0 Å². The molecule has 2 aliphatic heterocycles. The standard InChI is InChI=1S/C25H29F2N3O4/c26-21-6-4-19(5-7-21)24(31)29(9-8-28-10-13-33-14-11-28)17-23-18-30(12-15-34-23)25(32)20-2-1-3-22(27)16-20/h1-7,16,23H,8-15,17-18H2. The van der Waals surface area contributed by atoms with Gasteiger partial charge < -0.3 is 19.3 Å². The summed E-state index contributed by atoms with van der Waals surface area (Å²) >= 11 is 0. The van der Waals surface area contributed by atoms with Crippen molar-refractivity contribution >= 4 is 11.8 Å². The van der Waals surface area contributed by atoms with Crippen molar-refractivity contribution in [1.82, 2.24) is 14.7 Å². The Hall–Kier alpha value is -2.88. The minimum absolute atomic E-state index is 0.217. The Balaban J connectivity index is 1.43. The zero-order chi connectivity index (χ0) is 23.9. The van der Waals surface area contributed by atoms with Crippen LogP contribution >= 0.6 is 0 Å². The second-order valence-corrected chi connectivity index (χ2v) is 8.47. The Labute approximate surface area is 197 Å². The molecule has 34 heavy (non-hydrogen) atoms. The number of amides is 2. The van der Waals surface area contributed by atoms with Crippen molar-refractivity contribution in [3.63, 3.8) is 0 Å². The lowest BCUT2D eigenvalue weighted by molar-refractivity contribution is -0.0347. The van der Waals surface area contributed by atoms with Crippen LogP contribution in [0, 0.1) is 11.6 Å². The predicted molar refractivity (Wildman–Crippen MR) is 122 cm³/mol. The number of carbonyl (C=O) groups excluding carboxylic acids is 2. The highest BCUT2D eigenvalue weighted by atomic mass is 19.1. The summed E-state index contributed by atoms with van der Waals surface area (Å²) in [5.74, 6) is -1.35. The Kier molecular flexibility index (Phi) is 8.21. The van der Waals surface area contributed by atoms with E-state index in [1.165, 1.54) is 42.5 Å². The molecule has 2 fully saturated rings. The Morgan fingerprint density at radius 3 is 2.44 bits per heavy atom. The largest absolute Gasteiger partial charge is 0.379 e. The predicted octanol–water partition coefficient (Wildman–Crippen LogP) is 2.28. The topological polar surface area (TPSA) is 62.3 Å². The third-order valence-electron chi connectivity index (χ3n) is 6.09. The lowest BCUT2D eigenvalue weighted by Gasteiger charge is -2.36. The first kappa shape index (κ1) is 24.3. The van der Waals surface area contributed by atoms with Gasteiger partial charge in [0.05, 0.1) is 25.9 Å².